The van der Waals surface area contributed by atoms with Gasteiger partial charge in [-0.2, -0.15) is 0 Å². The van der Waals surface area contributed by atoms with Gasteiger partial charge in [-0.05, 0) is 38.0 Å². The third kappa shape index (κ3) is 3.92. The van der Waals surface area contributed by atoms with Gasteiger partial charge in [0.05, 0.1) is 19.3 Å². The van der Waals surface area contributed by atoms with Crippen LogP contribution in [0.1, 0.15) is 30.1 Å². The SMILES string of the molecule is CCOC(=NC[C@H]1CCCO1)NC(=O)c1ccc2c(c1)OCO2. The van der Waals surface area contributed by atoms with Crippen LogP contribution in [-0.2, 0) is 9.47 Å². The van der Waals surface area contributed by atoms with Crippen LogP contribution in [0.5, 0.6) is 11.5 Å². The van der Waals surface area contributed by atoms with Crippen molar-refractivity contribution in [2.75, 3.05) is 26.6 Å². The Hall–Kier alpha value is -2.28. The van der Waals surface area contributed by atoms with Crippen molar-refractivity contribution in [2.45, 2.75) is 25.9 Å². The van der Waals surface area contributed by atoms with Gasteiger partial charge in [0.2, 0.25) is 6.79 Å². The maximum Gasteiger partial charge on any atom is 0.291 e. The van der Waals surface area contributed by atoms with E-state index in [0.717, 1.165) is 19.4 Å². The lowest BCUT2D eigenvalue weighted by atomic mass is 10.2. The molecule has 1 saturated heterocycles. The molecule has 1 atom stereocenters. The summed E-state index contributed by atoms with van der Waals surface area (Å²) in [5, 5.41) is 2.69. The molecule has 0 radical (unpaired) electrons. The average molecular weight is 320 g/mol. The minimum atomic E-state index is -0.303. The van der Waals surface area contributed by atoms with Crippen molar-refractivity contribution >= 4 is 11.9 Å². The molecule has 1 fully saturated rings. The van der Waals surface area contributed by atoms with E-state index in [9.17, 15) is 4.79 Å². The Morgan fingerprint density at radius 1 is 1.39 bits per heavy atom. The highest BCUT2D eigenvalue weighted by atomic mass is 16.7. The lowest BCUT2D eigenvalue weighted by Gasteiger charge is -2.11. The van der Waals surface area contributed by atoms with Crippen molar-refractivity contribution in [2.24, 2.45) is 4.99 Å². The lowest BCUT2D eigenvalue weighted by molar-refractivity contribution is 0.0963. The number of nitrogens with zero attached hydrogens (tertiary/aromatic N) is 1. The first-order valence-corrected chi connectivity index (χ1v) is 7.76. The van der Waals surface area contributed by atoms with Crippen molar-refractivity contribution in [3.8, 4) is 11.5 Å². The van der Waals surface area contributed by atoms with E-state index < -0.39 is 0 Å². The second-order valence-electron chi connectivity index (χ2n) is 5.24. The van der Waals surface area contributed by atoms with E-state index >= 15 is 0 Å². The summed E-state index contributed by atoms with van der Waals surface area (Å²) in [7, 11) is 0. The number of ether oxygens (including phenoxy) is 4. The number of nitrogens with one attached hydrogen (secondary N) is 1. The van der Waals surface area contributed by atoms with Gasteiger partial charge in [0.1, 0.15) is 0 Å². The predicted octanol–water partition coefficient (Wildman–Crippen LogP) is 1.72. The van der Waals surface area contributed by atoms with Crippen molar-refractivity contribution in [3.63, 3.8) is 0 Å². The Balaban J connectivity index is 1.64. The van der Waals surface area contributed by atoms with Gasteiger partial charge in [0.25, 0.3) is 11.9 Å². The summed E-state index contributed by atoms with van der Waals surface area (Å²) < 4.78 is 21.4. The lowest BCUT2D eigenvalue weighted by Crippen LogP contribution is -2.33. The quantitative estimate of drug-likeness (QED) is 0.675. The van der Waals surface area contributed by atoms with E-state index in [-0.39, 0.29) is 24.8 Å². The molecule has 1 aromatic rings. The summed E-state index contributed by atoms with van der Waals surface area (Å²) in [6.45, 7) is 3.69. The molecule has 3 rings (SSSR count). The highest BCUT2D eigenvalue weighted by Gasteiger charge is 2.18. The molecule has 0 unspecified atom stereocenters. The third-order valence-electron chi connectivity index (χ3n) is 3.60. The fourth-order valence-electron chi connectivity index (χ4n) is 2.44. The average Bonchev–Trinajstić information content (AvgIpc) is 3.23. The van der Waals surface area contributed by atoms with E-state index in [0.29, 0.717) is 30.2 Å². The molecule has 0 bridgehead atoms. The molecule has 1 N–H and O–H groups in total. The zero-order valence-electron chi connectivity index (χ0n) is 13.0. The van der Waals surface area contributed by atoms with Crippen LogP contribution in [0.15, 0.2) is 23.2 Å². The second-order valence-corrected chi connectivity index (χ2v) is 5.24. The summed E-state index contributed by atoms with van der Waals surface area (Å²) in [4.78, 5) is 16.6. The number of aliphatic imine (C=N–C) groups is 1. The molecule has 7 heteroatoms. The maximum absolute atomic E-state index is 12.3. The van der Waals surface area contributed by atoms with Crippen LogP contribution in [-0.4, -0.2) is 44.6 Å². The van der Waals surface area contributed by atoms with Gasteiger partial charge in [-0.1, -0.05) is 0 Å². The number of fused-ring (bicyclic) bond motifs is 1. The summed E-state index contributed by atoms with van der Waals surface area (Å²) in [5.74, 6) is 0.897. The van der Waals surface area contributed by atoms with Crippen LogP contribution in [0.4, 0.5) is 0 Å². The van der Waals surface area contributed by atoms with Gasteiger partial charge in [0, 0.05) is 12.2 Å². The number of rotatable bonds is 4. The zero-order chi connectivity index (χ0) is 16.1. The third-order valence-corrected chi connectivity index (χ3v) is 3.60. The number of carbonyl (C=O) groups is 1. The highest BCUT2D eigenvalue weighted by molar-refractivity contribution is 6.04. The van der Waals surface area contributed by atoms with Gasteiger partial charge >= 0.3 is 0 Å². The number of hydrogen-bond donors (Lipinski definition) is 1. The first-order valence-electron chi connectivity index (χ1n) is 7.76. The van der Waals surface area contributed by atoms with Crippen molar-refractivity contribution < 1.29 is 23.7 Å². The Morgan fingerprint density at radius 3 is 3.04 bits per heavy atom. The Labute approximate surface area is 134 Å². The topological polar surface area (TPSA) is 78.4 Å². The van der Waals surface area contributed by atoms with Crippen LogP contribution in [0.2, 0.25) is 0 Å². The Bertz CT molecular complexity index is 596. The van der Waals surface area contributed by atoms with E-state index in [1.54, 1.807) is 18.2 Å². The van der Waals surface area contributed by atoms with Crippen molar-refractivity contribution in [1.82, 2.24) is 5.32 Å². The number of amidine groups is 1. The van der Waals surface area contributed by atoms with Gasteiger partial charge < -0.3 is 18.9 Å². The standard InChI is InChI=1S/C16H20N2O5/c1-2-20-16(17-9-12-4-3-7-21-12)18-15(19)11-5-6-13-14(8-11)23-10-22-13/h5-6,8,12H,2-4,7,9-10H2,1H3,(H,17,18,19)/t12-/m1/s1. The molecule has 124 valence electrons. The minimum absolute atomic E-state index is 0.105. The molecular weight excluding hydrogens is 300 g/mol. The monoisotopic (exact) mass is 320 g/mol. The van der Waals surface area contributed by atoms with Gasteiger partial charge in [-0.25, -0.2) is 4.99 Å². The first kappa shape index (κ1) is 15.6. The molecule has 7 nitrogen and oxygen atoms in total. The molecule has 2 heterocycles. The van der Waals surface area contributed by atoms with Gasteiger partial charge in [-0.3, -0.25) is 10.1 Å². The summed E-state index contributed by atoms with van der Waals surface area (Å²) in [5.41, 5.74) is 0.457. The second kappa shape index (κ2) is 7.32. The van der Waals surface area contributed by atoms with Crippen molar-refractivity contribution in [1.29, 1.82) is 0 Å². The van der Waals surface area contributed by atoms with Crippen LogP contribution >= 0.6 is 0 Å². The zero-order valence-corrected chi connectivity index (χ0v) is 13.0. The number of carbonyl (C=O) groups excluding carboxylic acids is 1. The molecule has 23 heavy (non-hydrogen) atoms. The largest absolute Gasteiger partial charge is 0.465 e. The molecule has 0 saturated carbocycles. The molecule has 1 aromatic carbocycles. The van der Waals surface area contributed by atoms with Crippen LogP contribution < -0.4 is 14.8 Å². The van der Waals surface area contributed by atoms with E-state index in [1.165, 1.54) is 0 Å². The molecule has 0 aromatic heterocycles. The highest BCUT2D eigenvalue weighted by Crippen LogP contribution is 2.32. The maximum atomic E-state index is 12.3. The van der Waals surface area contributed by atoms with Crippen LogP contribution in [0, 0.1) is 0 Å². The molecule has 0 aliphatic carbocycles. The molecule has 0 spiro atoms. The molecular formula is C16H20N2O5. The Morgan fingerprint density at radius 2 is 2.26 bits per heavy atom. The number of hydrogen-bond acceptors (Lipinski definition) is 6. The fraction of sp³-hybridized carbons (Fsp3) is 0.500. The summed E-state index contributed by atoms with van der Waals surface area (Å²) in [6, 6.07) is 5.24. The molecule has 1 amide bonds. The van der Waals surface area contributed by atoms with E-state index in [2.05, 4.69) is 10.3 Å². The number of benzene rings is 1. The summed E-state index contributed by atoms with van der Waals surface area (Å²) in [6.07, 6.45) is 2.14. The van der Waals surface area contributed by atoms with Gasteiger partial charge in [0.15, 0.2) is 11.5 Å². The number of amides is 1. The smallest absolute Gasteiger partial charge is 0.291 e. The minimum Gasteiger partial charge on any atom is -0.465 e. The molecule has 2 aliphatic heterocycles. The van der Waals surface area contributed by atoms with E-state index in [1.807, 2.05) is 6.92 Å². The van der Waals surface area contributed by atoms with Gasteiger partial charge in [-0.15, -0.1) is 0 Å². The molecule has 2 aliphatic rings. The first-order chi connectivity index (χ1) is 11.3. The van der Waals surface area contributed by atoms with Crippen molar-refractivity contribution in [3.05, 3.63) is 23.8 Å². The van der Waals surface area contributed by atoms with Crippen LogP contribution in [0.3, 0.4) is 0 Å². The fourth-order valence-corrected chi connectivity index (χ4v) is 2.44. The summed E-state index contributed by atoms with van der Waals surface area (Å²) >= 11 is 0. The van der Waals surface area contributed by atoms with Crippen LogP contribution in [0.25, 0.3) is 0 Å². The predicted molar refractivity (Wildman–Crippen MR) is 82.9 cm³/mol. The Kier molecular flexibility index (Phi) is 4.97. The normalized spacial score (nSPS) is 19.7. The van der Waals surface area contributed by atoms with E-state index in [4.69, 9.17) is 18.9 Å².